The molecular weight excluding hydrogens is 262 g/mol. The van der Waals surface area contributed by atoms with Gasteiger partial charge in [-0.2, -0.15) is 11.8 Å². The Kier molecular flexibility index (Phi) is 6.99. The average molecular weight is 281 g/mol. The number of nitrogens with two attached hydrogens (primary N) is 1. The van der Waals surface area contributed by atoms with Crippen LogP contribution in [0.2, 0.25) is 0 Å². The van der Waals surface area contributed by atoms with Gasteiger partial charge in [-0.1, -0.05) is 30.3 Å². The van der Waals surface area contributed by atoms with Crippen molar-refractivity contribution in [3.8, 4) is 0 Å². The molecule has 1 aromatic carbocycles. The smallest absolute Gasteiger partial charge is 0.243 e. The van der Waals surface area contributed by atoms with Crippen LogP contribution in [-0.2, 0) is 15.3 Å². The molecule has 0 radical (unpaired) electrons. The summed E-state index contributed by atoms with van der Waals surface area (Å²) in [6, 6.07) is 9.42. The van der Waals surface area contributed by atoms with Crippen LogP contribution in [0.4, 0.5) is 0 Å². The van der Waals surface area contributed by atoms with Gasteiger partial charge in [0.15, 0.2) is 0 Å². The van der Waals surface area contributed by atoms with Crippen LogP contribution in [0.1, 0.15) is 5.56 Å². The van der Waals surface area contributed by atoms with Gasteiger partial charge in [0, 0.05) is 18.6 Å². The Bertz CT molecular complexity index is 412. The summed E-state index contributed by atoms with van der Waals surface area (Å²) in [5.74, 6) is 0.781. The SMILES string of the molecule is CNC(=O)[C@H](CSCc1ccccc1)NC(=O)CN. The van der Waals surface area contributed by atoms with E-state index in [0.29, 0.717) is 5.75 Å². The van der Waals surface area contributed by atoms with Crippen LogP contribution < -0.4 is 16.4 Å². The number of amides is 2. The highest BCUT2D eigenvalue weighted by molar-refractivity contribution is 7.98. The Morgan fingerprint density at radius 1 is 1.32 bits per heavy atom. The van der Waals surface area contributed by atoms with Crippen LogP contribution in [0.3, 0.4) is 0 Å². The fraction of sp³-hybridized carbons (Fsp3) is 0.385. The number of nitrogens with one attached hydrogen (secondary N) is 2. The normalized spacial score (nSPS) is 11.7. The highest BCUT2D eigenvalue weighted by atomic mass is 32.2. The fourth-order valence-corrected chi connectivity index (χ4v) is 2.50. The van der Waals surface area contributed by atoms with E-state index in [1.165, 1.54) is 5.56 Å². The molecule has 0 spiro atoms. The van der Waals surface area contributed by atoms with Crippen LogP contribution in [0.5, 0.6) is 0 Å². The van der Waals surface area contributed by atoms with Gasteiger partial charge in [0.05, 0.1) is 6.54 Å². The number of hydrogen-bond donors (Lipinski definition) is 3. The van der Waals surface area contributed by atoms with Crippen molar-refractivity contribution in [2.45, 2.75) is 11.8 Å². The van der Waals surface area contributed by atoms with E-state index in [1.54, 1.807) is 18.8 Å². The summed E-state index contributed by atoms with van der Waals surface area (Å²) in [4.78, 5) is 22.9. The molecule has 0 aliphatic heterocycles. The van der Waals surface area contributed by atoms with E-state index in [2.05, 4.69) is 10.6 Å². The number of benzene rings is 1. The standard InChI is InChI=1S/C13H19N3O2S/c1-15-13(18)11(16-12(17)7-14)9-19-8-10-5-3-2-4-6-10/h2-6,11H,7-9,14H2,1H3,(H,15,18)(H,16,17)/t11-/m0/s1. The number of thioether (sulfide) groups is 1. The quantitative estimate of drug-likeness (QED) is 0.662. The number of hydrogen-bond acceptors (Lipinski definition) is 4. The molecule has 4 N–H and O–H groups in total. The van der Waals surface area contributed by atoms with E-state index in [0.717, 1.165) is 5.75 Å². The monoisotopic (exact) mass is 281 g/mol. The maximum atomic E-state index is 11.6. The van der Waals surface area contributed by atoms with Crippen LogP contribution in [0.15, 0.2) is 30.3 Å². The van der Waals surface area contributed by atoms with E-state index in [4.69, 9.17) is 5.73 Å². The number of carbonyl (C=O) groups excluding carboxylic acids is 2. The summed E-state index contributed by atoms with van der Waals surface area (Å²) in [5.41, 5.74) is 6.42. The van der Waals surface area contributed by atoms with Crippen molar-refractivity contribution in [1.82, 2.24) is 10.6 Å². The van der Waals surface area contributed by atoms with E-state index in [1.807, 2.05) is 30.3 Å². The molecular formula is C13H19N3O2S. The van der Waals surface area contributed by atoms with Crippen LogP contribution >= 0.6 is 11.8 Å². The molecule has 0 fully saturated rings. The van der Waals surface area contributed by atoms with Crippen molar-refractivity contribution in [3.63, 3.8) is 0 Å². The highest BCUT2D eigenvalue weighted by Gasteiger charge is 2.18. The Hall–Kier alpha value is -1.53. The van der Waals surface area contributed by atoms with Crippen molar-refractivity contribution in [1.29, 1.82) is 0 Å². The Labute approximate surface area is 117 Å². The van der Waals surface area contributed by atoms with Crippen LogP contribution in [0.25, 0.3) is 0 Å². The predicted octanol–water partition coefficient (Wildman–Crippen LogP) is 0.109. The lowest BCUT2D eigenvalue weighted by atomic mass is 10.2. The lowest BCUT2D eigenvalue weighted by Crippen LogP contribution is -2.49. The first-order valence-electron chi connectivity index (χ1n) is 6.00. The minimum atomic E-state index is -0.547. The van der Waals surface area contributed by atoms with Crippen LogP contribution in [-0.4, -0.2) is 37.2 Å². The molecule has 1 aromatic rings. The molecule has 1 atom stereocenters. The van der Waals surface area contributed by atoms with Crippen molar-refractivity contribution >= 4 is 23.6 Å². The molecule has 0 aliphatic carbocycles. The van der Waals surface area contributed by atoms with Gasteiger partial charge in [-0.25, -0.2) is 0 Å². The van der Waals surface area contributed by atoms with Gasteiger partial charge < -0.3 is 16.4 Å². The topological polar surface area (TPSA) is 84.2 Å². The summed E-state index contributed by atoms with van der Waals surface area (Å²) in [6.07, 6.45) is 0. The molecule has 0 saturated heterocycles. The zero-order chi connectivity index (χ0) is 14.1. The zero-order valence-corrected chi connectivity index (χ0v) is 11.7. The molecule has 0 unspecified atom stereocenters. The summed E-state index contributed by atoms with van der Waals surface area (Å²) in [6.45, 7) is -0.114. The third-order valence-corrected chi connectivity index (χ3v) is 3.59. The first-order valence-corrected chi connectivity index (χ1v) is 7.15. The van der Waals surface area contributed by atoms with Crippen molar-refractivity contribution < 1.29 is 9.59 Å². The summed E-state index contributed by atoms with van der Waals surface area (Å²) in [7, 11) is 1.55. The summed E-state index contributed by atoms with van der Waals surface area (Å²) >= 11 is 1.59. The van der Waals surface area contributed by atoms with E-state index >= 15 is 0 Å². The van der Waals surface area contributed by atoms with Gasteiger partial charge in [0.1, 0.15) is 6.04 Å². The van der Waals surface area contributed by atoms with Crippen molar-refractivity contribution in [2.24, 2.45) is 5.73 Å². The van der Waals surface area contributed by atoms with Gasteiger partial charge in [-0.15, -0.1) is 0 Å². The first-order chi connectivity index (χ1) is 9.17. The van der Waals surface area contributed by atoms with Gasteiger partial charge in [-0.05, 0) is 5.56 Å². The second-order valence-corrected chi connectivity index (χ2v) is 4.97. The maximum absolute atomic E-state index is 11.6. The average Bonchev–Trinajstić information content (AvgIpc) is 2.46. The minimum absolute atomic E-state index is 0.114. The lowest BCUT2D eigenvalue weighted by Gasteiger charge is -2.16. The van der Waals surface area contributed by atoms with Crippen molar-refractivity contribution in [2.75, 3.05) is 19.3 Å². The molecule has 0 heterocycles. The Morgan fingerprint density at radius 3 is 2.58 bits per heavy atom. The molecule has 0 saturated carbocycles. The second-order valence-electron chi connectivity index (χ2n) is 3.94. The lowest BCUT2D eigenvalue weighted by molar-refractivity contribution is -0.127. The predicted molar refractivity (Wildman–Crippen MR) is 77.7 cm³/mol. The van der Waals surface area contributed by atoms with Gasteiger partial charge in [0.25, 0.3) is 0 Å². The molecule has 2 amide bonds. The van der Waals surface area contributed by atoms with Gasteiger partial charge >= 0.3 is 0 Å². The zero-order valence-electron chi connectivity index (χ0n) is 10.9. The number of likely N-dealkylation sites (N-methyl/N-ethyl adjacent to an activating group) is 1. The Morgan fingerprint density at radius 2 is 2.00 bits per heavy atom. The molecule has 5 nitrogen and oxygen atoms in total. The van der Waals surface area contributed by atoms with Gasteiger partial charge in [-0.3, -0.25) is 9.59 Å². The van der Waals surface area contributed by atoms with Gasteiger partial charge in [0.2, 0.25) is 11.8 Å². The van der Waals surface area contributed by atoms with E-state index in [9.17, 15) is 9.59 Å². The largest absolute Gasteiger partial charge is 0.357 e. The molecule has 0 aliphatic rings. The van der Waals surface area contributed by atoms with E-state index < -0.39 is 6.04 Å². The van der Waals surface area contributed by atoms with E-state index in [-0.39, 0.29) is 18.4 Å². The highest BCUT2D eigenvalue weighted by Crippen LogP contribution is 2.12. The third-order valence-electron chi connectivity index (χ3n) is 2.48. The first kappa shape index (κ1) is 15.5. The molecule has 1 rings (SSSR count). The van der Waals surface area contributed by atoms with Crippen LogP contribution in [0, 0.1) is 0 Å². The molecule has 19 heavy (non-hydrogen) atoms. The van der Waals surface area contributed by atoms with Crippen molar-refractivity contribution in [3.05, 3.63) is 35.9 Å². The summed E-state index contributed by atoms with van der Waals surface area (Å²) in [5, 5.41) is 5.14. The maximum Gasteiger partial charge on any atom is 0.243 e. The third kappa shape index (κ3) is 5.76. The minimum Gasteiger partial charge on any atom is -0.357 e. The summed E-state index contributed by atoms with van der Waals surface area (Å²) < 4.78 is 0. The fourth-order valence-electron chi connectivity index (χ4n) is 1.48. The Balaban J connectivity index is 2.44. The molecule has 6 heteroatoms. The number of carbonyl (C=O) groups is 2. The molecule has 0 aromatic heterocycles. The second kappa shape index (κ2) is 8.55. The number of rotatable bonds is 7. The molecule has 0 bridgehead atoms. The molecule has 104 valence electrons.